The Hall–Kier alpha value is -1.63. The predicted octanol–water partition coefficient (Wildman–Crippen LogP) is 4.87. The zero-order valence-electron chi connectivity index (χ0n) is 14.4. The smallest absolute Gasteiger partial charge is 0.267 e. The van der Waals surface area contributed by atoms with E-state index < -0.39 is 0 Å². The first-order valence-corrected chi connectivity index (χ1v) is 10.2. The van der Waals surface area contributed by atoms with Gasteiger partial charge in [-0.05, 0) is 50.3 Å². The van der Waals surface area contributed by atoms with Crippen LogP contribution < -0.4 is 10.1 Å². The number of amides is 1. The number of rotatable bonds is 6. The fraction of sp³-hybridized carbons (Fsp3) is 0.474. The summed E-state index contributed by atoms with van der Waals surface area (Å²) < 4.78 is 11.6. The third kappa shape index (κ3) is 4.19. The Bertz CT molecular complexity index is 785. The maximum absolute atomic E-state index is 12.7. The highest BCUT2D eigenvalue weighted by atomic mass is 35.5. The van der Waals surface area contributed by atoms with Crippen molar-refractivity contribution >= 4 is 34.5 Å². The van der Waals surface area contributed by atoms with Gasteiger partial charge < -0.3 is 14.8 Å². The van der Waals surface area contributed by atoms with Crippen LogP contribution in [0.4, 0.5) is 5.69 Å². The van der Waals surface area contributed by atoms with Crippen LogP contribution in [-0.4, -0.2) is 30.2 Å². The van der Waals surface area contributed by atoms with E-state index in [9.17, 15) is 4.79 Å². The van der Waals surface area contributed by atoms with Crippen molar-refractivity contribution in [1.82, 2.24) is 4.98 Å². The molecule has 1 aromatic heterocycles. The van der Waals surface area contributed by atoms with Gasteiger partial charge in [-0.2, -0.15) is 0 Å². The second kappa shape index (κ2) is 7.94. The second-order valence-electron chi connectivity index (χ2n) is 6.74. The summed E-state index contributed by atoms with van der Waals surface area (Å²) in [5, 5.41) is 3.50. The number of ether oxygens (including phenoxy) is 2. The Morgan fingerprint density at radius 3 is 3.00 bits per heavy atom. The zero-order chi connectivity index (χ0) is 17.9. The fourth-order valence-corrected chi connectivity index (χ4v) is 4.04. The number of benzene rings is 1. The van der Waals surface area contributed by atoms with Gasteiger partial charge in [0.2, 0.25) is 0 Å². The van der Waals surface area contributed by atoms with Gasteiger partial charge in [-0.3, -0.25) is 4.79 Å². The number of aromatic nitrogens is 1. The normalized spacial score (nSPS) is 20.0. The quantitative estimate of drug-likeness (QED) is 0.761. The zero-order valence-corrected chi connectivity index (χ0v) is 15.9. The molecule has 7 heteroatoms. The summed E-state index contributed by atoms with van der Waals surface area (Å²) in [7, 11) is 0. The van der Waals surface area contributed by atoms with E-state index in [1.165, 1.54) is 11.3 Å². The van der Waals surface area contributed by atoms with Crippen molar-refractivity contribution in [3.63, 3.8) is 0 Å². The van der Waals surface area contributed by atoms with Gasteiger partial charge in [-0.1, -0.05) is 11.6 Å². The van der Waals surface area contributed by atoms with Gasteiger partial charge in [0.05, 0.1) is 23.0 Å². The maximum Gasteiger partial charge on any atom is 0.267 e. The van der Waals surface area contributed by atoms with Crippen LogP contribution in [0.5, 0.6) is 5.75 Å². The Labute approximate surface area is 161 Å². The van der Waals surface area contributed by atoms with E-state index in [-0.39, 0.29) is 12.0 Å². The number of nitrogens with one attached hydrogen (secondary N) is 1. The minimum Gasteiger partial charge on any atom is -0.489 e. The van der Waals surface area contributed by atoms with Crippen molar-refractivity contribution < 1.29 is 14.3 Å². The molecule has 1 aliphatic heterocycles. The first kappa shape index (κ1) is 17.8. The van der Waals surface area contributed by atoms with Gasteiger partial charge in [0.1, 0.15) is 17.2 Å². The van der Waals surface area contributed by atoms with Crippen LogP contribution in [0.15, 0.2) is 23.7 Å². The molecule has 2 aromatic rings. The van der Waals surface area contributed by atoms with Crippen LogP contribution in [0.2, 0.25) is 5.02 Å². The largest absolute Gasteiger partial charge is 0.489 e. The van der Waals surface area contributed by atoms with E-state index >= 15 is 0 Å². The third-order valence-electron chi connectivity index (χ3n) is 4.65. The molecule has 5 nitrogen and oxygen atoms in total. The molecule has 2 heterocycles. The summed E-state index contributed by atoms with van der Waals surface area (Å²) in [6, 6.07) is 5.26. The number of anilines is 1. The van der Waals surface area contributed by atoms with Crippen LogP contribution >= 0.6 is 22.9 Å². The topological polar surface area (TPSA) is 60.5 Å². The molecule has 2 aliphatic rings. The van der Waals surface area contributed by atoms with Gasteiger partial charge in [0, 0.05) is 17.5 Å². The summed E-state index contributed by atoms with van der Waals surface area (Å²) in [4.78, 5) is 17.8. The van der Waals surface area contributed by atoms with E-state index in [0.29, 0.717) is 33.9 Å². The van der Waals surface area contributed by atoms with Gasteiger partial charge >= 0.3 is 0 Å². The van der Waals surface area contributed by atoms with Gasteiger partial charge in [0.15, 0.2) is 0 Å². The lowest BCUT2D eigenvalue weighted by Crippen LogP contribution is -2.26. The summed E-state index contributed by atoms with van der Waals surface area (Å²) in [6.07, 6.45) is 5.59. The standard InChI is InChI=1S/C19H21ClN2O3S/c20-13-6-7-16(25-10-14-3-1-2-8-24-14)15(9-13)22-19(23)18-17(12-4-5-12)21-11-26-18/h6-7,9,11-12,14H,1-5,8,10H2,(H,22,23). The molecule has 1 saturated carbocycles. The number of carbonyl (C=O) groups is 1. The van der Waals surface area contributed by atoms with Gasteiger partial charge in [-0.25, -0.2) is 4.98 Å². The van der Waals surface area contributed by atoms with Crippen molar-refractivity contribution in [3.8, 4) is 5.75 Å². The Morgan fingerprint density at radius 2 is 2.23 bits per heavy atom. The molecule has 0 radical (unpaired) electrons. The molecule has 1 aromatic carbocycles. The second-order valence-corrected chi connectivity index (χ2v) is 8.03. The molecular weight excluding hydrogens is 372 g/mol. The van der Waals surface area contributed by atoms with Crippen LogP contribution in [0.25, 0.3) is 0 Å². The van der Waals surface area contributed by atoms with E-state index in [4.69, 9.17) is 21.1 Å². The summed E-state index contributed by atoms with van der Waals surface area (Å²) in [5.41, 5.74) is 3.22. The fourth-order valence-electron chi connectivity index (χ4n) is 3.10. The molecule has 138 valence electrons. The minimum atomic E-state index is -0.157. The predicted molar refractivity (Wildman–Crippen MR) is 103 cm³/mol. The van der Waals surface area contributed by atoms with Crippen molar-refractivity contribution in [3.05, 3.63) is 39.3 Å². The molecule has 0 bridgehead atoms. The molecule has 1 aliphatic carbocycles. The van der Waals surface area contributed by atoms with E-state index in [1.807, 2.05) is 0 Å². The van der Waals surface area contributed by atoms with Gasteiger partial charge in [0.25, 0.3) is 5.91 Å². The molecule has 26 heavy (non-hydrogen) atoms. The SMILES string of the molecule is O=C(Nc1cc(Cl)ccc1OCC1CCCCO1)c1scnc1C1CC1. The molecule has 0 spiro atoms. The average Bonchev–Trinajstić information content (AvgIpc) is 3.38. The third-order valence-corrected chi connectivity index (χ3v) is 5.73. The van der Waals surface area contributed by atoms with E-state index in [0.717, 1.165) is 44.4 Å². The Morgan fingerprint density at radius 1 is 1.35 bits per heavy atom. The first-order valence-electron chi connectivity index (χ1n) is 8.99. The number of carbonyl (C=O) groups excluding carboxylic acids is 1. The van der Waals surface area contributed by atoms with Crippen LogP contribution in [0, 0.1) is 0 Å². The Balaban J connectivity index is 1.47. The molecule has 1 amide bonds. The number of halogens is 1. The molecule has 1 unspecified atom stereocenters. The lowest BCUT2D eigenvalue weighted by Gasteiger charge is -2.23. The number of thiazole rings is 1. The van der Waals surface area contributed by atoms with Crippen molar-refractivity contribution in [2.45, 2.75) is 44.1 Å². The number of hydrogen-bond acceptors (Lipinski definition) is 5. The molecule has 2 fully saturated rings. The van der Waals surface area contributed by atoms with Crippen LogP contribution in [-0.2, 0) is 4.74 Å². The van der Waals surface area contributed by atoms with Gasteiger partial charge in [-0.15, -0.1) is 11.3 Å². The number of hydrogen-bond donors (Lipinski definition) is 1. The van der Waals surface area contributed by atoms with Crippen LogP contribution in [0.3, 0.4) is 0 Å². The summed E-state index contributed by atoms with van der Waals surface area (Å²) >= 11 is 7.50. The minimum absolute atomic E-state index is 0.103. The summed E-state index contributed by atoms with van der Waals surface area (Å²) in [5.74, 6) is 0.880. The number of nitrogens with zero attached hydrogens (tertiary/aromatic N) is 1. The highest BCUT2D eigenvalue weighted by Gasteiger charge is 2.31. The molecule has 4 rings (SSSR count). The monoisotopic (exact) mass is 392 g/mol. The summed E-state index contributed by atoms with van der Waals surface area (Å²) in [6.45, 7) is 1.26. The molecule has 1 N–H and O–H groups in total. The van der Waals surface area contributed by atoms with Crippen LogP contribution in [0.1, 0.15) is 53.4 Å². The van der Waals surface area contributed by atoms with Crippen molar-refractivity contribution in [2.75, 3.05) is 18.5 Å². The van der Waals surface area contributed by atoms with Crippen molar-refractivity contribution in [1.29, 1.82) is 0 Å². The molecule has 1 atom stereocenters. The lowest BCUT2D eigenvalue weighted by molar-refractivity contribution is -0.0109. The Kier molecular flexibility index (Phi) is 5.43. The van der Waals surface area contributed by atoms with E-state index in [2.05, 4.69) is 10.3 Å². The van der Waals surface area contributed by atoms with Crippen molar-refractivity contribution in [2.24, 2.45) is 0 Å². The van der Waals surface area contributed by atoms with E-state index in [1.54, 1.807) is 23.7 Å². The average molecular weight is 393 g/mol. The molecule has 1 saturated heterocycles. The maximum atomic E-state index is 12.7. The lowest BCUT2D eigenvalue weighted by atomic mass is 10.1. The molecular formula is C19H21ClN2O3S. The highest BCUT2D eigenvalue weighted by molar-refractivity contribution is 7.12. The highest BCUT2D eigenvalue weighted by Crippen LogP contribution is 2.42. The first-order chi connectivity index (χ1) is 12.7.